The molecule has 0 saturated heterocycles. The molecular formula is C18H26O4. The summed E-state index contributed by atoms with van der Waals surface area (Å²) in [5.74, 6) is 0.199. The van der Waals surface area contributed by atoms with E-state index in [4.69, 9.17) is 0 Å². The van der Waals surface area contributed by atoms with Crippen molar-refractivity contribution >= 4 is 11.6 Å². The van der Waals surface area contributed by atoms with E-state index in [0.717, 1.165) is 0 Å². The first-order valence-electron chi connectivity index (χ1n) is 7.89. The number of rotatable bonds is 3. The van der Waals surface area contributed by atoms with Crippen molar-refractivity contribution in [3.63, 3.8) is 0 Å². The van der Waals surface area contributed by atoms with Crippen LogP contribution in [0.2, 0.25) is 0 Å². The topological polar surface area (TPSA) is 74.6 Å². The van der Waals surface area contributed by atoms with Crippen LogP contribution in [0.1, 0.15) is 66.2 Å². The van der Waals surface area contributed by atoms with Crippen molar-refractivity contribution in [3.05, 3.63) is 22.7 Å². The molecule has 4 heteroatoms. The number of hydrogen-bond donors (Lipinski definition) is 2. The van der Waals surface area contributed by atoms with Crippen LogP contribution in [0.25, 0.3) is 0 Å². The number of carbonyl (C=O) groups excluding carboxylic acids is 2. The molecule has 0 atom stereocenters. The first kappa shape index (κ1) is 16.8. The highest BCUT2D eigenvalue weighted by molar-refractivity contribution is 5.99. The highest BCUT2D eigenvalue weighted by atomic mass is 16.3. The van der Waals surface area contributed by atoms with Crippen LogP contribution in [-0.4, -0.2) is 21.8 Å². The third-order valence-corrected chi connectivity index (χ3v) is 4.57. The molecule has 0 saturated carbocycles. The van der Waals surface area contributed by atoms with Gasteiger partial charge in [0.1, 0.15) is 0 Å². The predicted molar refractivity (Wildman–Crippen MR) is 84.6 cm³/mol. The van der Waals surface area contributed by atoms with Crippen molar-refractivity contribution in [1.29, 1.82) is 0 Å². The molecule has 0 unspecified atom stereocenters. The maximum atomic E-state index is 12.2. The van der Waals surface area contributed by atoms with Crippen LogP contribution in [0.5, 0.6) is 0 Å². The van der Waals surface area contributed by atoms with Gasteiger partial charge in [0.25, 0.3) is 0 Å². The van der Waals surface area contributed by atoms with Gasteiger partial charge in [-0.05, 0) is 23.7 Å². The first-order chi connectivity index (χ1) is 10.0. The zero-order valence-corrected chi connectivity index (χ0v) is 14.0. The smallest absolute Gasteiger partial charge is 0.162 e. The summed E-state index contributed by atoms with van der Waals surface area (Å²) in [7, 11) is 0. The number of hydrogen-bond acceptors (Lipinski definition) is 4. The molecule has 0 bridgehead atoms. The SMILES string of the molecule is CC1(C)CC(=O)C(CCC2=C(O)CC(C)(C)CC2=O)=C(O)C1. The summed E-state index contributed by atoms with van der Waals surface area (Å²) < 4.78 is 0. The fraction of sp³-hybridized carbons (Fsp3) is 0.667. The quantitative estimate of drug-likeness (QED) is 0.820. The summed E-state index contributed by atoms with van der Waals surface area (Å²) in [6.07, 6.45) is 2.45. The predicted octanol–water partition coefficient (Wildman–Crippen LogP) is 4.17. The third kappa shape index (κ3) is 3.60. The lowest BCUT2D eigenvalue weighted by Gasteiger charge is -2.31. The Hall–Kier alpha value is -1.58. The monoisotopic (exact) mass is 306 g/mol. The number of aliphatic hydroxyl groups excluding tert-OH is 2. The van der Waals surface area contributed by atoms with Gasteiger partial charge in [0, 0.05) is 36.8 Å². The highest BCUT2D eigenvalue weighted by Crippen LogP contribution is 2.40. The van der Waals surface area contributed by atoms with Gasteiger partial charge >= 0.3 is 0 Å². The van der Waals surface area contributed by atoms with E-state index in [9.17, 15) is 19.8 Å². The Kier molecular flexibility index (Phi) is 4.24. The van der Waals surface area contributed by atoms with E-state index < -0.39 is 0 Å². The van der Waals surface area contributed by atoms with Gasteiger partial charge in [0.2, 0.25) is 0 Å². The Morgan fingerprint density at radius 2 is 1.05 bits per heavy atom. The van der Waals surface area contributed by atoms with Gasteiger partial charge in [-0.3, -0.25) is 9.59 Å². The molecule has 2 aliphatic rings. The summed E-state index contributed by atoms with van der Waals surface area (Å²) in [6, 6.07) is 0. The van der Waals surface area contributed by atoms with Crippen LogP contribution in [-0.2, 0) is 9.59 Å². The number of allylic oxidation sites excluding steroid dienone is 4. The number of aliphatic hydroxyl groups is 2. The molecule has 2 aliphatic carbocycles. The molecule has 22 heavy (non-hydrogen) atoms. The zero-order valence-electron chi connectivity index (χ0n) is 14.0. The lowest BCUT2D eigenvalue weighted by molar-refractivity contribution is -0.120. The van der Waals surface area contributed by atoms with Crippen LogP contribution in [0.15, 0.2) is 22.7 Å². The maximum absolute atomic E-state index is 12.2. The van der Waals surface area contributed by atoms with Crippen molar-refractivity contribution in [3.8, 4) is 0 Å². The Labute approximate surface area is 131 Å². The normalized spacial score (nSPS) is 24.9. The number of ketones is 2. The average molecular weight is 306 g/mol. The number of carbonyl (C=O) groups is 2. The molecule has 0 aromatic rings. The minimum atomic E-state index is -0.212. The van der Waals surface area contributed by atoms with Crippen LogP contribution in [0, 0.1) is 10.8 Å². The Morgan fingerprint density at radius 3 is 1.32 bits per heavy atom. The summed E-state index contributed by atoms with van der Waals surface area (Å²) in [4.78, 5) is 24.4. The van der Waals surface area contributed by atoms with Gasteiger partial charge in [-0.2, -0.15) is 0 Å². The Morgan fingerprint density at radius 1 is 0.727 bits per heavy atom. The molecule has 2 N–H and O–H groups in total. The molecule has 0 heterocycles. The number of Topliss-reactive ketones (excluding diaryl/α,β-unsaturated/α-hetero) is 2. The van der Waals surface area contributed by atoms with Crippen LogP contribution in [0.3, 0.4) is 0 Å². The van der Waals surface area contributed by atoms with Crippen molar-refractivity contribution in [2.24, 2.45) is 10.8 Å². The van der Waals surface area contributed by atoms with Crippen LogP contribution >= 0.6 is 0 Å². The first-order valence-corrected chi connectivity index (χ1v) is 7.89. The summed E-state index contributed by atoms with van der Waals surface area (Å²) in [6.45, 7) is 7.83. The second-order valence-corrected chi connectivity index (χ2v) is 8.23. The van der Waals surface area contributed by atoms with E-state index in [1.807, 2.05) is 27.7 Å². The lowest BCUT2D eigenvalue weighted by atomic mass is 9.73. The fourth-order valence-electron chi connectivity index (χ4n) is 3.47. The van der Waals surface area contributed by atoms with Crippen molar-refractivity contribution in [1.82, 2.24) is 0 Å². The van der Waals surface area contributed by atoms with Crippen LogP contribution in [0.4, 0.5) is 0 Å². The maximum Gasteiger partial charge on any atom is 0.162 e. The van der Waals surface area contributed by atoms with Crippen molar-refractivity contribution in [2.45, 2.75) is 66.2 Å². The van der Waals surface area contributed by atoms with E-state index in [1.54, 1.807) is 0 Å². The van der Waals surface area contributed by atoms with E-state index in [2.05, 4.69) is 0 Å². The molecule has 2 rings (SSSR count). The second-order valence-electron chi connectivity index (χ2n) is 8.23. The van der Waals surface area contributed by atoms with E-state index >= 15 is 0 Å². The van der Waals surface area contributed by atoms with Gasteiger partial charge in [-0.1, -0.05) is 27.7 Å². The second kappa shape index (κ2) is 5.56. The zero-order chi connectivity index (χ0) is 16.7. The standard InChI is InChI=1S/C18H26O4/c1-17(2)7-13(19)11(14(20)8-17)5-6-12-15(21)9-18(3,4)10-16(12)22/h19,21H,5-10H2,1-4H3. The molecule has 122 valence electrons. The lowest BCUT2D eigenvalue weighted by Crippen LogP contribution is -2.27. The van der Waals surface area contributed by atoms with E-state index in [0.29, 0.717) is 49.7 Å². The third-order valence-electron chi connectivity index (χ3n) is 4.57. The van der Waals surface area contributed by atoms with Gasteiger partial charge < -0.3 is 10.2 Å². The average Bonchev–Trinajstić information content (AvgIpc) is 2.27. The fourth-order valence-corrected chi connectivity index (χ4v) is 3.47. The van der Waals surface area contributed by atoms with Gasteiger partial charge in [0.15, 0.2) is 11.6 Å². The summed E-state index contributed by atoms with van der Waals surface area (Å²) in [5.41, 5.74) is 0.433. The largest absolute Gasteiger partial charge is 0.512 e. The minimum Gasteiger partial charge on any atom is -0.512 e. The van der Waals surface area contributed by atoms with Gasteiger partial charge in [-0.25, -0.2) is 0 Å². The van der Waals surface area contributed by atoms with Gasteiger partial charge in [-0.15, -0.1) is 0 Å². The molecule has 0 fully saturated rings. The van der Waals surface area contributed by atoms with Crippen LogP contribution < -0.4 is 0 Å². The molecule has 0 aromatic carbocycles. The van der Waals surface area contributed by atoms with Crippen molar-refractivity contribution in [2.75, 3.05) is 0 Å². The molecule has 4 nitrogen and oxygen atoms in total. The minimum absolute atomic E-state index is 0.0440. The van der Waals surface area contributed by atoms with E-state index in [-0.39, 0.29) is 33.9 Å². The molecule has 0 spiro atoms. The Balaban J connectivity index is 2.13. The molecule has 0 amide bonds. The molecule has 0 aromatic heterocycles. The Bertz CT molecular complexity index is 524. The van der Waals surface area contributed by atoms with Crippen molar-refractivity contribution < 1.29 is 19.8 Å². The van der Waals surface area contributed by atoms with E-state index in [1.165, 1.54) is 0 Å². The molecule has 0 radical (unpaired) electrons. The summed E-state index contributed by atoms with van der Waals surface area (Å²) in [5, 5.41) is 20.2. The summed E-state index contributed by atoms with van der Waals surface area (Å²) >= 11 is 0. The van der Waals surface area contributed by atoms with Gasteiger partial charge in [0.05, 0.1) is 11.5 Å². The molecule has 0 aliphatic heterocycles. The molecular weight excluding hydrogens is 280 g/mol. The highest BCUT2D eigenvalue weighted by Gasteiger charge is 2.35.